The summed E-state index contributed by atoms with van der Waals surface area (Å²) in [7, 11) is 1.91. The Morgan fingerprint density at radius 1 is 1.30 bits per heavy atom. The van der Waals surface area contributed by atoms with E-state index >= 15 is 0 Å². The lowest BCUT2D eigenvalue weighted by Gasteiger charge is -2.36. The number of benzene rings is 1. The molecular formula is C15H24N2O3. The minimum Gasteiger partial charge on any atom is -0.399 e. The second-order valence-electron chi connectivity index (χ2n) is 5.72. The molecule has 20 heavy (non-hydrogen) atoms. The number of hydrogen-bond donors (Lipinski definition) is 3. The highest BCUT2D eigenvalue weighted by Crippen LogP contribution is 2.22. The molecule has 1 aliphatic heterocycles. The van der Waals surface area contributed by atoms with Crippen LogP contribution in [0.3, 0.4) is 0 Å². The van der Waals surface area contributed by atoms with E-state index in [1.54, 1.807) is 12.1 Å². The number of aliphatic hydroxyl groups is 2. The molecule has 1 unspecified atom stereocenters. The van der Waals surface area contributed by atoms with E-state index in [1.807, 2.05) is 24.1 Å². The first-order valence-electron chi connectivity index (χ1n) is 7.01. The number of hydrogen-bond acceptors (Lipinski definition) is 5. The standard InChI is InChI=1S/C15H24N2O3/c1-17(11-15(19)6-8-20-9-7-15)10-14(18)12-2-4-13(16)5-3-12/h2-5,14,18-19H,6-11,16H2,1H3. The van der Waals surface area contributed by atoms with Gasteiger partial charge in [0.25, 0.3) is 0 Å². The summed E-state index contributed by atoms with van der Waals surface area (Å²) in [6.45, 7) is 2.23. The molecule has 0 aliphatic carbocycles. The van der Waals surface area contributed by atoms with E-state index in [-0.39, 0.29) is 0 Å². The van der Waals surface area contributed by atoms with Crippen LogP contribution in [0.4, 0.5) is 5.69 Å². The fourth-order valence-electron chi connectivity index (χ4n) is 2.60. The Kier molecular flexibility index (Phi) is 4.99. The van der Waals surface area contributed by atoms with Gasteiger partial charge in [-0.05, 0) is 24.7 Å². The van der Waals surface area contributed by atoms with Gasteiger partial charge in [0.1, 0.15) is 0 Å². The molecule has 5 nitrogen and oxygen atoms in total. The van der Waals surface area contributed by atoms with Crippen molar-refractivity contribution in [3.63, 3.8) is 0 Å². The Morgan fingerprint density at radius 2 is 1.90 bits per heavy atom. The molecule has 1 fully saturated rings. The highest BCUT2D eigenvalue weighted by atomic mass is 16.5. The van der Waals surface area contributed by atoms with Crippen molar-refractivity contribution in [3.8, 4) is 0 Å². The van der Waals surface area contributed by atoms with E-state index in [0.29, 0.717) is 44.8 Å². The van der Waals surface area contributed by atoms with Gasteiger partial charge in [0.15, 0.2) is 0 Å². The summed E-state index contributed by atoms with van der Waals surface area (Å²) >= 11 is 0. The number of aliphatic hydroxyl groups excluding tert-OH is 1. The largest absolute Gasteiger partial charge is 0.399 e. The lowest BCUT2D eigenvalue weighted by Crippen LogP contribution is -2.46. The highest BCUT2D eigenvalue weighted by molar-refractivity contribution is 5.39. The zero-order valence-electron chi connectivity index (χ0n) is 12.0. The van der Waals surface area contributed by atoms with Crippen molar-refractivity contribution in [2.75, 3.05) is 39.1 Å². The van der Waals surface area contributed by atoms with Crippen molar-refractivity contribution < 1.29 is 14.9 Å². The Balaban J connectivity index is 1.87. The first kappa shape index (κ1) is 15.3. The molecule has 0 aromatic heterocycles. The molecule has 0 radical (unpaired) electrons. The van der Waals surface area contributed by atoms with Crippen LogP contribution in [0.25, 0.3) is 0 Å². The Labute approximate surface area is 120 Å². The van der Waals surface area contributed by atoms with Gasteiger partial charge in [0.2, 0.25) is 0 Å². The first-order valence-corrected chi connectivity index (χ1v) is 7.01. The maximum Gasteiger partial charge on any atom is 0.0916 e. The molecule has 1 aliphatic rings. The molecule has 0 saturated carbocycles. The summed E-state index contributed by atoms with van der Waals surface area (Å²) in [5.41, 5.74) is 6.46. The quantitative estimate of drug-likeness (QED) is 0.695. The molecule has 1 atom stereocenters. The molecule has 4 N–H and O–H groups in total. The molecule has 5 heteroatoms. The van der Waals surface area contributed by atoms with Crippen molar-refractivity contribution >= 4 is 5.69 Å². The van der Waals surface area contributed by atoms with Crippen LogP contribution in [-0.4, -0.2) is 54.1 Å². The van der Waals surface area contributed by atoms with Crippen LogP contribution in [0, 0.1) is 0 Å². The van der Waals surface area contributed by atoms with Gasteiger partial charge in [-0.3, -0.25) is 0 Å². The van der Waals surface area contributed by atoms with E-state index in [1.165, 1.54) is 0 Å². The van der Waals surface area contributed by atoms with Crippen LogP contribution >= 0.6 is 0 Å². The minimum atomic E-state index is -0.701. The van der Waals surface area contributed by atoms with Crippen molar-refractivity contribution in [1.82, 2.24) is 4.90 Å². The molecule has 1 heterocycles. The summed E-state index contributed by atoms with van der Waals surface area (Å²) in [5, 5.41) is 20.6. The van der Waals surface area contributed by atoms with Crippen LogP contribution in [-0.2, 0) is 4.74 Å². The van der Waals surface area contributed by atoms with Crippen LogP contribution in [0.2, 0.25) is 0 Å². The topological polar surface area (TPSA) is 79.0 Å². The summed E-state index contributed by atoms with van der Waals surface area (Å²) in [4.78, 5) is 1.96. The molecule has 0 spiro atoms. The number of rotatable bonds is 5. The first-order chi connectivity index (χ1) is 9.48. The lowest BCUT2D eigenvalue weighted by molar-refractivity contribution is -0.0799. The van der Waals surface area contributed by atoms with E-state index in [9.17, 15) is 10.2 Å². The summed E-state index contributed by atoms with van der Waals surface area (Å²) in [6, 6.07) is 7.23. The number of nitrogens with zero attached hydrogens (tertiary/aromatic N) is 1. The zero-order valence-corrected chi connectivity index (χ0v) is 12.0. The number of nitrogen functional groups attached to an aromatic ring is 1. The number of anilines is 1. The molecule has 1 aromatic carbocycles. The minimum absolute atomic E-state index is 0.479. The Bertz CT molecular complexity index is 416. The van der Waals surface area contributed by atoms with Gasteiger partial charge < -0.3 is 25.6 Å². The predicted octanol–water partition coefficient (Wildman–Crippen LogP) is 0.775. The van der Waals surface area contributed by atoms with Gasteiger partial charge in [-0.25, -0.2) is 0 Å². The molecule has 0 bridgehead atoms. The second-order valence-corrected chi connectivity index (χ2v) is 5.72. The van der Waals surface area contributed by atoms with Gasteiger partial charge in [-0.15, -0.1) is 0 Å². The molecule has 1 aromatic rings. The lowest BCUT2D eigenvalue weighted by atomic mass is 9.93. The van der Waals surface area contributed by atoms with Crippen molar-refractivity contribution in [1.29, 1.82) is 0 Å². The van der Waals surface area contributed by atoms with Crippen LogP contribution in [0.1, 0.15) is 24.5 Å². The SMILES string of the molecule is CN(CC(O)c1ccc(N)cc1)CC1(O)CCOCC1. The van der Waals surface area contributed by atoms with Crippen molar-refractivity contribution in [3.05, 3.63) is 29.8 Å². The van der Waals surface area contributed by atoms with Gasteiger partial charge in [-0.2, -0.15) is 0 Å². The van der Waals surface area contributed by atoms with E-state index < -0.39 is 11.7 Å². The number of ether oxygens (including phenoxy) is 1. The second kappa shape index (κ2) is 6.54. The van der Waals surface area contributed by atoms with Crippen LogP contribution in [0.5, 0.6) is 0 Å². The normalized spacial score (nSPS) is 20.0. The molecular weight excluding hydrogens is 256 g/mol. The summed E-state index contributed by atoms with van der Waals surface area (Å²) < 4.78 is 5.27. The van der Waals surface area contributed by atoms with Gasteiger partial charge >= 0.3 is 0 Å². The third kappa shape index (κ3) is 4.18. The monoisotopic (exact) mass is 280 g/mol. The van der Waals surface area contributed by atoms with E-state index in [4.69, 9.17) is 10.5 Å². The van der Waals surface area contributed by atoms with Gasteiger partial charge in [0.05, 0.1) is 11.7 Å². The predicted molar refractivity (Wildman–Crippen MR) is 78.3 cm³/mol. The summed E-state index contributed by atoms with van der Waals surface area (Å²) in [5.74, 6) is 0. The van der Waals surface area contributed by atoms with Gasteiger partial charge in [-0.1, -0.05) is 12.1 Å². The summed E-state index contributed by atoms with van der Waals surface area (Å²) in [6.07, 6.45) is 0.717. The zero-order chi connectivity index (χ0) is 14.6. The molecule has 2 rings (SSSR count). The van der Waals surface area contributed by atoms with E-state index in [2.05, 4.69) is 0 Å². The maximum absolute atomic E-state index is 10.4. The third-order valence-corrected chi connectivity index (χ3v) is 3.79. The smallest absolute Gasteiger partial charge is 0.0916 e. The maximum atomic E-state index is 10.4. The Morgan fingerprint density at radius 3 is 2.50 bits per heavy atom. The molecule has 1 saturated heterocycles. The Hall–Kier alpha value is -1.14. The average Bonchev–Trinajstić information content (AvgIpc) is 2.39. The van der Waals surface area contributed by atoms with Crippen molar-refractivity contribution in [2.24, 2.45) is 0 Å². The average molecular weight is 280 g/mol. The van der Waals surface area contributed by atoms with E-state index in [0.717, 1.165) is 5.56 Å². The van der Waals surface area contributed by atoms with Gasteiger partial charge in [0, 0.05) is 44.8 Å². The van der Waals surface area contributed by atoms with Crippen LogP contribution < -0.4 is 5.73 Å². The number of likely N-dealkylation sites (N-methyl/N-ethyl adjacent to an activating group) is 1. The van der Waals surface area contributed by atoms with Crippen LogP contribution in [0.15, 0.2) is 24.3 Å². The molecule has 0 amide bonds. The molecule has 112 valence electrons. The van der Waals surface area contributed by atoms with Crippen molar-refractivity contribution in [2.45, 2.75) is 24.5 Å². The number of nitrogens with two attached hydrogens (primary N) is 1. The fraction of sp³-hybridized carbons (Fsp3) is 0.600. The fourth-order valence-corrected chi connectivity index (χ4v) is 2.60. The third-order valence-electron chi connectivity index (χ3n) is 3.79. The highest BCUT2D eigenvalue weighted by Gasteiger charge is 2.31.